The zero-order valence-corrected chi connectivity index (χ0v) is 13.3. The van der Waals surface area contributed by atoms with E-state index < -0.39 is 0 Å². The van der Waals surface area contributed by atoms with Crippen molar-refractivity contribution in [3.8, 4) is 5.75 Å². The molecule has 1 heterocycles. The summed E-state index contributed by atoms with van der Waals surface area (Å²) >= 11 is 0. The Morgan fingerprint density at radius 2 is 1.95 bits per heavy atom. The molecule has 3 nitrogen and oxygen atoms in total. The number of likely N-dealkylation sites (tertiary alicyclic amines) is 1. The summed E-state index contributed by atoms with van der Waals surface area (Å²) in [5.41, 5.74) is 9.74. The Hall–Kier alpha value is -1.22. The summed E-state index contributed by atoms with van der Waals surface area (Å²) in [6.45, 7) is 8.65. The first-order chi connectivity index (χ1) is 9.51. The van der Waals surface area contributed by atoms with Gasteiger partial charge in [0.2, 0.25) is 0 Å². The topological polar surface area (TPSA) is 38.5 Å². The van der Waals surface area contributed by atoms with Crippen LogP contribution in [0.4, 0.5) is 5.69 Å². The quantitative estimate of drug-likeness (QED) is 0.856. The molecule has 2 rings (SSSR count). The van der Waals surface area contributed by atoms with Gasteiger partial charge in [-0.3, -0.25) is 0 Å². The van der Waals surface area contributed by atoms with Crippen LogP contribution >= 0.6 is 0 Å². The fourth-order valence-corrected chi connectivity index (χ4v) is 3.02. The molecule has 1 aliphatic rings. The molecule has 0 saturated carbocycles. The zero-order valence-electron chi connectivity index (χ0n) is 13.3. The van der Waals surface area contributed by atoms with E-state index in [2.05, 4.69) is 31.0 Å². The van der Waals surface area contributed by atoms with Gasteiger partial charge in [0.1, 0.15) is 5.75 Å². The van der Waals surface area contributed by atoms with Crippen molar-refractivity contribution in [2.75, 3.05) is 25.9 Å². The van der Waals surface area contributed by atoms with Crippen molar-refractivity contribution < 1.29 is 4.74 Å². The lowest BCUT2D eigenvalue weighted by Gasteiger charge is -2.31. The lowest BCUT2D eigenvalue weighted by molar-refractivity contribution is 0.241. The van der Waals surface area contributed by atoms with Crippen molar-refractivity contribution in [1.29, 1.82) is 0 Å². The van der Waals surface area contributed by atoms with E-state index in [1.807, 2.05) is 13.8 Å². The molecule has 112 valence electrons. The maximum absolute atomic E-state index is 6.13. The number of hydrogen-bond acceptors (Lipinski definition) is 3. The first kappa shape index (κ1) is 15.2. The average Bonchev–Trinajstić information content (AvgIpc) is 2.41. The number of piperidine rings is 1. The molecule has 1 aliphatic heterocycles. The summed E-state index contributed by atoms with van der Waals surface area (Å²) in [5.74, 6) is 1.50. The molecule has 0 spiro atoms. The number of aryl methyl sites for hydroxylation is 1. The van der Waals surface area contributed by atoms with Gasteiger partial charge in [-0.2, -0.15) is 0 Å². The predicted molar refractivity (Wildman–Crippen MR) is 85.5 cm³/mol. The molecule has 0 amide bonds. The van der Waals surface area contributed by atoms with E-state index in [0.717, 1.165) is 17.9 Å². The Labute approximate surface area is 123 Å². The second-order valence-corrected chi connectivity index (χ2v) is 6.19. The SMILES string of the molecule is CCc1cc(N)c(OC(C)C)cc1C1CCN(C)CC1. The number of benzene rings is 1. The normalized spacial score (nSPS) is 17.6. The molecule has 0 radical (unpaired) electrons. The number of nitrogens with two attached hydrogens (primary N) is 1. The molecule has 0 aromatic heterocycles. The molecule has 0 aliphatic carbocycles. The van der Waals surface area contributed by atoms with Gasteiger partial charge < -0.3 is 15.4 Å². The van der Waals surface area contributed by atoms with E-state index in [-0.39, 0.29) is 6.10 Å². The second kappa shape index (κ2) is 6.49. The summed E-state index contributed by atoms with van der Waals surface area (Å²) < 4.78 is 5.86. The van der Waals surface area contributed by atoms with Gasteiger partial charge in [0.25, 0.3) is 0 Å². The smallest absolute Gasteiger partial charge is 0.142 e. The number of hydrogen-bond donors (Lipinski definition) is 1. The van der Waals surface area contributed by atoms with Crippen LogP contribution in [0.15, 0.2) is 12.1 Å². The number of ether oxygens (including phenoxy) is 1. The number of nitrogens with zero attached hydrogens (tertiary/aromatic N) is 1. The Bertz CT molecular complexity index is 449. The van der Waals surface area contributed by atoms with Gasteiger partial charge in [0.15, 0.2) is 0 Å². The third kappa shape index (κ3) is 3.45. The van der Waals surface area contributed by atoms with Gasteiger partial charge in [-0.25, -0.2) is 0 Å². The molecule has 20 heavy (non-hydrogen) atoms. The molecular weight excluding hydrogens is 248 g/mol. The lowest BCUT2D eigenvalue weighted by atomic mass is 9.85. The highest BCUT2D eigenvalue weighted by molar-refractivity contribution is 5.58. The minimum absolute atomic E-state index is 0.162. The Kier molecular flexibility index (Phi) is 4.92. The molecule has 0 unspecified atom stereocenters. The largest absolute Gasteiger partial charge is 0.489 e. The summed E-state index contributed by atoms with van der Waals surface area (Å²) in [5, 5.41) is 0. The highest BCUT2D eigenvalue weighted by Crippen LogP contribution is 2.36. The van der Waals surface area contributed by atoms with Gasteiger partial charge >= 0.3 is 0 Å². The highest BCUT2D eigenvalue weighted by atomic mass is 16.5. The van der Waals surface area contributed by atoms with Crippen LogP contribution < -0.4 is 10.5 Å². The minimum Gasteiger partial charge on any atom is -0.489 e. The van der Waals surface area contributed by atoms with Crippen molar-refractivity contribution in [2.45, 2.75) is 52.1 Å². The molecule has 1 saturated heterocycles. The third-order valence-corrected chi connectivity index (χ3v) is 4.17. The highest BCUT2D eigenvalue weighted by Gasteiger charge is 2.22. The summed E-state index contributed by atoms with van der Waals surface area (Å²) in [7, 11) is 2.20. The zero-order chi connectivity index (χ0) is 14.7. The molecule has 3 heteroatoms. The van der Waals surface area contributed by atoms with Gasteiger partial charge in [-0.15, -0.1) is 0 Å². The minimum atomic E-state index is 0.162. The van der Waals surface area contributed by atoms with Crippen molar-refractivity contribution >= 4 is 5.69 Å². The van der Waals surface area contributed by atoms with E-state index in [1.165, 1.54) is 37.1 Å². The van der Waals surface area contributed by atoms with Crippen molar-refractivity contribution in [3.63, 3.8) is 0 Å². The molecule has 0 bridgehead atoms. The lowest BCUT2D eigenvalue weighted by Crippen LogP contribution is -2.29. The van der Waals surface area contributed by atoms with E-state index in [4.69, 9.17) is 10.5 Å². The third-order valence-electron chi connectivity index (χ3n) is 4.17. The van der Waals surface area contributed by atoms with E-state index in [9.17, 15) is 0 Å². The Morgan fingerprint density at radius 1 is 1.30 bits per heavy atom. The molecule has 1 fully saturated rings. The molecule has 2 N–H and O–H groups in total. The second-order valence-electron chi connectivity index (χ2n) is 6.19. The molecular formula is C17H28N2O. The number of nitrogen functional groups attached to an aromatic ring is 1. The summed E-state index contributed by atoms with van der Waals surface area (Å²) in [4.78, 5) is 2.41. The van der Waals surface area contributed by atoms with Crippen LogP contribution in [0.2, 0.25) is 0 Å². The van der Waals surface area contributed by atoms with Crippen LogP contribution in [0.25, 0.3) is 0 Å². The van der Waals surface area contributed by atoms with Crippen LogP contribution in [0.5, 0.6) is 5.75 Å². The van der Waals surface area contributed by atoms with Crippen molar-refractivity contribution in [2.24, 2.45) is 0 Å². The van der Waals surface area contributed by atoms with Crippen LogP contribution in [0.3, 0.4) is 0 Å². The summed E-state index contributed by atoms with van der Waals surface area (Å²) in [6, 6.07) is 4.31. The van der Waals surface area contributed by atoms with Gasteiger partial charge in [0.05, 0.1) is 11.8 Å². The fourth-order valence-electron chi connectivity index (χ4n) is 3.02. The van der Waals surface area contributed by atoms with E-state index in [1.54, 1.807) is 0 Å². The maximum Gasteiger partial charge on any atom is 0.142 e. The van der Waals surface area contributed by atoms with Crippen LogP contribution in [-0.4, -0.2) is 31.1 Å². The van der Waals surface area contributed by atoms with Crippen molar-refractivity contribution in [3.05, 3.63) is 23.3 Å². The molecule has 1 aromatic carbocycles. The number of anilines is 1. The standard InChI is InChI=1S/C17H28N2O/c1-5-13-10-16(18)17(20-12(2)3)11-15(13)14-6-8-19(4)9-7-14/h10-12,14H,5-9,18H2,1-4H3. The van der Waals surface area contributed by atoms with Crippen LogP contribution in [0.1, 0.15) is 50.7 Å². The first-order valence-corrected chi connectivity index (χ1v) is 7.78. The average molecular weight is 276 g/mol. The monoisotopic (exact) mass is 276 g/mol. The summed E-state index contributed by atoms with van der Waals surface area (Å²) in [6.07, 6.45) is 3.66. The maximum atomic E-state index is 6.13. The van der Waals surface area contributed by atoms with E-state index >= 15 is 0 Å². The Balaban J connectivity index is 2.29. The number of rotatable bonds is 4. The van der Waals surface area contributed by atoms with Gasteiger partial charge in [-0.1, -0.05) is 6.92 Å². The van der Waals surface area contributed by atoms with Gasteiger partial charge in [0, 0.05) is 0 Å². The Morgan fingerprint density at radius 3 is 2.50 bits per heavy atom. The van der Waals surface area contributed by atoms with Crippen LogP contribution in [0, 0.1) is 0 Å². The predicted octanol–water partition coefficient (Wildman–Crippen LogP) is 3.43. The van der Waals surface area contributed by atoms with Crippen LogP contribution in [-0.2, 0) is 6.42 Å². The van der Waals surface area contributed by atoms with Gasteiger partial charge in [-0.05, 0) is 82.4 Å². The fraction of sp³-hybridized carbons (Fsp3) is 0.647. The van der Waals surface area contributed by atoms with Crippen molar-refractivity contribution in [1.82, 2.24) is 4.90 Å². The molecule has 0 atom stereocenters. The first-order valence-electron chi connectivity index (χ1n) is 7.78. The van der Waals surface area contributed by atoms with E-state index in [0.29, 0.717) is 5.92 Å². The molecule has 1 aromatic rings.